The van der Waals surface area contributed by atoms with Crippen molar-refractivity contribution < 1.29 is 64.6 Å². The maximum absolute atomic E-state index is 13.2. The van der Waals surface area contributed by atoms with Crippen LogP contribution >= 0.6 is 0 Å². The standard InChI is InChI=1S/C68H105NO13/c1-3-5-7-9-11-13-14-15-16-17-18-19-20-21-22-23-24-25-26-27-28-29-30-31-32-33-34-35-36-37-38-39-40-41-42-44-46-48-50-52-60(73)69-56(57(72)51-49-47-45-43-12-10-8-6-4-2)55-79-67-65(78)63(76)66(59(54-71)81-67)82-68-64(77)62(75)61(74)58(53-70)80-68/h5,7,11-13,15-16,18-19,21-22,24-25,27-28,30-31,33-34,36-37,39-40,42-44,49,51,56-59,61-68,70-72,74-78H,3-4,6,8-10,14,17,20,23,26,29,32,35,38,41,45-48,50,52-55H2,1-2H3,(H,69,73)/b7-5-,13-11-,16-15-,19-18-,22-21-,25-24-,28-27-,31-30-,34-33-,37-36-,40-39-,43-12+,44-42-,51-49+. The van der Waals surface area contributed by atoms with E-state index in [2.05, 4.69) is 177 Å². The minimum absolute atomic E-state index is 0.205. The van der Waals surface area contributed by atoms with Crippen LogP contribution in [0.15, 0.2) is 170 Å². The number of carbonyl (C=O) groups is 1. The van der Waals surface area contributed by atoms with Gasteiger partial charge in [-0.1, -0.05) is 197 Å². The number of unbranched alkanes of at least 4 members (excludes halogenated alkanes) is 6. The van der Waals surface area contributed by atoms with Crippen LogP contribution in [-0.4, -0.2) is 140 Å². The lowest BCUT2D eigenvalue weighted by atomic mass is 9.97. The molecule has 0 radical (unpaired) electrons. The number of aliphatic hydroxyl groups is 8. The molecule has 2 aliphatic heterocycles. The Morgan fingerprint density at radius 3 is 1.29 bits per heavy atom. The highest BCUT2D eigenvalue weighted by Gasteiger charge is 2.51. The molecule has 0 aliphatic carbocycles. The zero-order chi connectivity index (χ0) is 59.5. The van der Waals surface area contributed by atoms with Crippen molar-refractivity contribution >= 4 is 5.91 Å². The molecule has 2 aliphatic rings. The van der Waals surface area contributed by atoms with Gasteiger partial charge in [-0.25, -0.2) is 0 Å². The van der Waals surface area contributed by atoms with E-state index in [1.807, 2.05) is 6.08 Å². The molecule has 2 fully saturated rings. The summed E-state index contributed by atoms with van der Waals surface area (Å²) >= 11 is 0. The van der Waals surface area contributed by atoms with Crippen LogP contribution in [0.5, 0.6) is 0 Å². The summed E-state index contributed by atoms with van der Waals surface area (Å²) in [6, 6.07) is -0.966. The van der Waals surface area contributed by atoms with Crippen molar-refractivity contribution in [1.29, 1.82) is 0 Å². The molecule has 14 heteroatoms. The molecule has 14 nitrogen and oxygen atoms in total. The van der Waals surface area contributed by atoms with Gasteiger partial charge in [-0.15, -0.1) is 0 Å². The first-order valence-corrected chi connectivity index (χ1v) is 30.4. The summed E-state index contributed by atoms with van der Waals surface area (Å²) in [7, 11) is 0. The molecule has 1 amide bonds. The Morgan fingerprint density at radius 2 is 0.841 bits per heavy atom. The van der Waals surface area contributed by atoms with Gasteiger partial charge in [0.1, 0.15) is 48.8 Å². The van der Waals surface area contributed by atoms with Gasteiger partial charge in [0.15, 0.2) is 12.6 Å². The van der Waals surface area contributed by atoms with Gasteiger partial charge in [0.05, 0.1) is 32.0 Å². The first-order valence-electron chi connectivity index (χ1n) is 30.4. The summed E-state index contributed by atoms with van der Waals surface area (Å²) in [6.07, 6.45) is 62.9. The first kappa shape index (κ1) is 73.5. The molecule has 82 heavy (non-hydrogen) atoms. The van der Waals surface area contributed by atoms with Crippen LogP contribution in [0.25, 0.3) is 0 Å². The number of rotatable bonds is 45. The zero-order valence-electron chi connectivity index (χ0n) is 49.4. The number of amides is 1. The predicted octanol–water partition coefficient (Wildman–Crippen LogP) is 10.9. The average molecular weight is 1140 g/mol. The molecule has 2 rings (SSSR count). The summed E-state index contributed by atoms with van der Waals surface area (Å²) in [6.45, 7) is 2.53. The van der Waals surface area contributed by atoms with Gasteiger partial charge in [0.2, 0.25) is 5.91 Å². The monoisotopic (exact) mass is 1140 g/mol. The van der Waals surface area contributed by atoms with Gasteiger partial charge >= 0.3 is 0 Å². The van der Waals surface area contributed by atoms with Crippen molar-refractivity contribution in [1.82, 2.24) is 5.32 Å². The van der Waals surface area contributed by atoms with Crippen LogP contribution in [0.4, 0.5) is 0 Å². The summed E-state index contributed by atoms with van der Waals surface area (Å²) in [5.41, 5.74) is 0. The maximum atomic E-state index is 13.2. The first-order chi connectivity index (χ1) is 40.1. The highest BCUT2D eigenvalue weighted by Crippen LogP contribution is 2.30. The van der Waals surface area contributed by atoms with Gasteiger partial charge in [-0.3, -0.25) is 4.79 Å². The fourth-order valence-corrected chi connectivity index (χ4v) is 8.52. The highest BCUT2D eigenvalue weighted by molar-refractivity contribution is 5.76. The highest BCUT2D eigenvalue weighted by atomic mass is 16.7. The van der Waals surface area contributed by atoms with Gasteiger partial charge in [-0.05, 0) is 122 Å². The molecule has 12 unspecified atom stereocenters. The Labute approximate surface area is 492 Å². The number of allylic oxidation sites excluding steroid dienone is 27. The van der Waals surface area contributed by atoms with Crippen LogP contribution in [0, 0.1) is 0 Å². The number of nitrogens with one attached hydrogen (secondary N) is 1. The summed E-state index contributed by atoms with van der Waals surface area (Å²) in [4.78, 5) is 13.2. The Kier molecular flexibility index (Phi) is 45.5. The van der Waals surface area contributed by atoms with Crippen molar-refractivity contribution in [2.75, 3.05) is 19.8 Å². The summed E-state index contributed by atoms with van der Waals surface area (Å²) < 4.78 is 22.6. The Bertz CT molecular complexity index is 2030. The molecule has 2 saturated heterocycles. The number of carbonyl (C=O) groups excluding carboxylic acids is 1. The Hall–Kier alpha value is -4.65. The van der Waals surface area contributed by atoms with Gasteiger partial charge < -0.3 is 65.1 Å². The van der Waals surface area contributed by atoms with Crippen LogP contribution in [0.2, 0.25) is 0 Å². The fraction of sp³-hybridized carbons (Fsp3) is 0.574. The molecule has 2 heterocycles. The van der Waals surface area contributed by atoms with E-state index in [1.54, 1.807) is 6.08 Å². The molecular weight excluding hydrogens is 1040 g/mol. The lowest BCUT2D eigenvalue weighted by Gasteiger charge is -2.46. The molecule has 0 aromatic carbocycles. The van der Waals surface area contributed by atoms with Crippen LogP contribution < -0.4 is 5.32 Å². The number of hydrogen-bond donors (Lipinski definition) is 9. The Morgan fingerprint density at radius 1 is 0.451 bits per heavy atom. The lowest BCUT2D eigenvalue weighted by Crippen LogP contribution is -2.65. The lowest BCUT2D eigenvalue weighted by molar-refractivity contribution is -0.359. The van der Waals surface area contributed by atoms with Crippen molar-refractivity contribution in [3.8, 4) is 0 Å². The third kappa shape index (κ3) is 35.5. The van der Waals surface area contributed by atoms with E-state index >= 15 is 0 Å². The second-order valence-electron chi connectivity index (χ2n) is 20.4. The minimum atomic E-state index is -1.80. The largest absolute Gasteiger partial charge is 0.394 e. The molecule has 0 aromatic heterocycles. The number of ether oxygens (including phenoxy) is 4. The Balaban J connectivity index is 1.66. The van der Waals surface area contributed by atoms with Crippen LogP contribution in [0.3, 0.4) is 0 Å². The quantitative estimate of drug-likeness (QED) is 0.0205. The third-order valence-corrected chi connectivity index (χ3v) is 13.4. The third-order valence-electron chi connectivity index (χ3n) is 13.4. The second kappa shape index (κ2) is 50.8. The van der Waals surface area contributed by atoms with E-state index < -0.39 is 86.8 Å². The molecule has 0 spiro atoms. The van der Waals surface area contributed by atoms with Crippen molar-refractivity contribution in [2.24, 2.45) is 0 Å². The maximum Gasteiger partial charge on any atom is 0.220 e. The van der Waals surface area contributed by atoms with Gasteiger partial charge in [-0.2, -0.15) is 0 Å². The molecule has 0 saturated carbocycles. The zero-order valence-corrected chi connectivity index (χ0v) is 49.4. The topological polar surface area (TPSA) is 228 Å². The van der Waals surface area contributed by atoms with E-state index in [0.717, 1.165) is 116 Å². The SMILES string of the molecule is CC/C=C\C/C=C\C/C=C\C/C=C\C/C=C\C/C=C\C/C=C\C/C=C\C/C=C\C/C=C\C/C=C\C/C=C\CCCCC(=O)NC(COC1OC(CO)C(OC2OC(CO)C(O)C(O)C2O)C(O)C1O)C(O)/C=C/CC/C=C/CCCCC. The fourth-order valence-electron chi connectivity index (χ4n) is 8.52. The van der Waals surface area contributed by atoms with Crippen molar-refractivity contribution in [2.45, 2.75) is 229 Å². The molecule has 12 atom stereocenters. The molecule has 0 bridgehead atoms. The second-order valence-corrected chi connectivity index (χ2v) is 20.4. The predicted molar refractivity (Wildman–Crippen MR) is 331 cm³/mol. The van der Waals surface area contributed by atoms with Crippen LogP contribution in [0.1, 0.15) is 155 Å². The normalized spacial score (nSPS) is 25.2. The van der Waals surface area contributed by atoms with E-state index in [1.165, 1.54) is 6.42 Å². The summed E-state index contributed by atoms with van der Waals surface area (Å²) in [5.74, 6) is -0.304. The van der Waals surface area contributed by atoms with Gasteiger partial charge in [0.25, 0.3) is 0 Å². The molecule has 0 aromatic rings. The molecule has 9 N–H and O–H groups in total. The summed E-state index contributed by atoms with van der Waals surface area (Å²) in [5, 5.41) is 86.7. The van der Waals surface area contributed by atoms with Gasteiger partial charge in [0, 0.05) is 6.42 Å². The number of aliphatic hydroxyl groups excluding tert-OH is 8. The van der Waals surface area contributed by atoms with E-state index in [-0.39, 0.29) is 18.9 Å². The molecule has 460 valence electrons. The molecular formula is C68H105NO13. The number of hydrogen-bond acceptors (Lipinski definition) is 13. The van der Waals surface area contributed by atoms with E-state index in [9.17, 15) is 45.6 Å². The van der Waals surface area contributed by atoms with Crippen LogP contribution in [-0.2, 0) is 23.7 Å². The average Bonchev–Trinajstić information content (AvgIpc) is 3.38. The van der Waals surface area contributed by atoms with E-state index in [0.29, 0.717) is 12.8 Å². The van der Waals surface area contributed by atoms with Crippen molar-refractivity contribution in [3.63, 3.8) is 0 Å². The van der Waals surface area contributed by atoms with E-state index in [4.69, 9.17) is 18.9 Å². The minimum Gasteiger partial charge on any atom is -0.394 e. The van der Waals surface area contributed by atoms with Crippen molar-refractivity contribution in [3.05, 3.63) is 170 Å². The smallest absolute Gasteiger partial charge is 0.220 e.